The van der Waals surface area contributed by atoms with Gasteiger partial charge in [-0.2, -0.15) is 0 Å². The van der Waals surface area contributed by atoms with Crippen LogP contribution < -0.4 is 4.90 Å². The minimum atomic E-state index is -1.05. The average molecular weight is 308 g/mol. The van der Waals surface area contributed by atoms with Crippen molar-refractivity contribution in [1.82, 2.24) is 9.97 Å². The summed E-state index contributed by atoms with van der Waals surface area (Å²) in [5, 5.41) is 9.10. The van der Waals surface area contributed by atoms with E-state index in [-0.39, 0.29) is 5.56 Å². The van der Waals surface area contributed by atoms with Gasteiger partial charge in [-0.15, -0.1) is 0 Å². The van der Waals surface area contributed by atoms with E-state index in [0.717, 1.165) is 10.2 Å². The number of nitrogens with zero attached hydrogens (tertiary/aromatic N) is 3. The molecule has 0 amide bonds. The molecule has 5 nitrogen and oxygen atoms in total. The number of benzene rings is 1. The minimum Gasteiger partial charge on any atom is -0.477 e. The molecular formula is C12H10BrN3O2. The topological polar surface area (TPSA) is 66.3 Å². The van der Waals surface area contributed by atoms with Crippen molar-refractivity contribution < 1.29 is 9.90 Å². The molecule has 0 atom stereocenters. The zero-order valence-corrected chi connectivity index (χ0v) is 11.1. The molecule has 2 aromatic rings. The Morgan fingerprint density at radius 1 is 1.44 bits per heavy atom. The molecule has 1 aromatic carbocycles. The van der Waals surface area contributed by atoms with Crippen LogP contribution in [0.2, 0.25) is 0 Å². The maximum Gasteiger partial charge on any atom is 0.341 e. The first-order chi connectivity index (χ1) is 8.59. The second-order valence-corrected chi connectivity index (χ2v) is 4.52. The number of hydrogen-bond donors (Lipinski definition) is 1. The first kappa shape index (κ1) is 12.5. The van der Waals surface area contributed by atoms with Crippen molar-refractivity contribution in [2.75, 3.05) is 11.9 Å². The van der Waals surface area contributed by atoms with Crippen LogP contribution in [-0.4, -0.2) is 28.1 Å². The number of aromatic carboxylic acids is 1. The van der Waals surface area contributed by atoms with Crippen molar-refractivity contribution in [1.29, 1.82) is 0 Å². The van der Waals surface area contributed by atoms with Gasteiger partial charge in [0, 0.05) is 23.4 Å². The van der Waals surface area contributed by atoms with Crippen LogP contribution in [0, 0.1) is 0 Å². The highest BCUT2D eigenvalue weighted by atomic mass is 79.9. The normalized spacial score (nSPS) is 10.1. The summed E-state index contributed by atoms with van der Waals surface area (Å²) in [7, 11) is 1.76. The first-order valence-electron chi connectivity index (χ1n) is 5.12. The van der Waals surface area contributed by atoms with Gasteiger partial charge in [-0.1, -0.05) is 22.0 Å². The van der Waals surface area contributed by atoms with Crippen LogP contribution in [0.15, 0.2) is 41.3 Å². The lowest BCUT2D eigenvalue weighted by atomic mass is 10.2. The second-order valence-electron chi connectivity index (χ2n) is 3.60. The third-order valence-electron chi connectivity index (χ3n) is 2.43. The molecule has 0 saturated carbocycles. The molecule has 1 heterocycles. The summed E-state index contributed by atoms with van der Waals surface area (Å²) < 4.78 is 0.915. The Balaban J connectivity index is 2.46. The van der Waals surface area contributed by atoms with Crippen LogP contribution in [0.1, 0.15) is 10.4 Å². The lowest BCUT2D eigenvalue weighted by Crippen LogP contribution is -2.16. The molecule has 0 aliphatic carbocycles. The summed E-state index contributed by atoms with van der Waals surface area (Å²) in [4.78, 5) is 20.6. The van der Waals surface area contributed by atoms with E-state index in [2.05, 4.69) is 25.9 Å². The van der Waals surface area contributed by atoms with E-state index in [1.807, 2.05) is 24.3 Å². The van der Waals surface area contributed by atoms with Crippen LogP contribution in [0.3, 0.4) is 0 Å². The fourth-order valence-corrected chi connectivity index (χ4v) is 1.94. The Morgan fingerprint density at radius 3 is 2.89 bits per heavy atom. The van der Waals surface area contributed by atoms with E-state index in [9.17, 15) is 4.79 Å². The number of hydrogen-bond acceptors (Lipinski definition) is 4. The van der Waals surface area contributed by atoms with Gasteiger partial charge < -0.3 is 10.0 Å². The third-order valence-corrected chi connectivity index (χ3v) is 2.93. The summed E-state index contributed by atoms with van der Waals surface area (Å²) >= 11 is 3.37. The molecule has 0 saturated heterocycles. The van der Waals surface area contributed by atoms with Crippen molar-refractivity contribution in [3.63, 3.8) is 0 Å². The van der Waals surface area contributed by atoms with E-state index in [1.165, 1.54) is 12.5 Å². The maximum absolute atomic E-state index is 11.1. The van der Waals surface area contributed by atoms with Crippen molar-refractivity contribution in [3.8, 4) is 0 Å². The summed E-state index contributed by atoms with van der Waals surface area (Å²) in [6.07, 6.45) is 2.62. The van der Waals surface area contributed by atoms with Gasteiger partial charge in [-0.05, 0) is 18.2 Å². The molecule has 92 valence electrons. The van der Waals surface area contributed by atoms with Crippen LogP contribution in [0.4, 0.5) is 11.5 Å². The zero-order chi connectivity index (χ0) is 13.1. The van der Waals surface area contributed by atoms with Gasteiger partial charge in [0.2, 0.25) is 0 Å². The molecule has 0 radical (unpaired) electrons. The van der Waals surface area contributed by atoms with Gasteiger partial charge in [0.05, 0.1) is 0 Å². The fourth-order valence-electron chi connectivity index (χ4n) is 1.55. The van der Waals surface area contributed by atoms with Crippen LogP contribution in [0.5, 0.6) is 0 Å². The maximum atomic E-state index is 11.1. The van der Waals surface area contributed by atoms with Crippen molar-refractivity contribution >= 4 is 33.4 Å². The molecule has 0 bridgehead atoms. The summed E-state index contributed by atoms with van der Waals surface area (Å²) in [6, 6.07) is 7.53. The monoisotopic (exact) mass is 307 g/mol. The van der Waals surface area contributed by atoms with Crippen molar-refractivity contribution in [2.24, 2.45) is 0 Å². The smallest absolute Gasteiger partial charge is 0.341 e. The molecule has 2 rings (SSSR count). The minimum absolute atomic E-state index is 0.0694. The predicted molar refractivity (Wildman–Crippen MR) is 71.2 cm³/mol. The molecule has 0 fully saturated rings. The van der Waals surface area contributed by atoms with Crippen LogP contribution >= 0.6 is 15.9 Å². The first-order valence-corrected chi connectivity index (χ1v) is 5.91. The second kappa shape index (κ2) is 5.14. The summed E-state index contributed by atoms with van der Waals surface area (Å²) in [5.41, 5.74) is 0.908. The number of carboxylic acid groups (broad SMARTS) is 1. The highest BCUT2D eigenvalue weighted by Crippen LogP contribution is 2.26. The standard InChI is InChI=1S/C12H10BrN3O2/c1-16(9-4-2-3-8(13)5-9)11-10(12(17)18)6-14-7-15-11/h2-7H,1H3,(H,17,18). The van der Waals surface area contributed by atoms with Gasteiger partial charge >= 0.3 is 5.97 Å². The molecule has 6 heteroatoms. The highest BCUT2D eigenvalue weighted by molar-refractivity contribution is 9.10. The average Bonchev–Trinajstić information content (AvgIpc) is 2.38. The van der Waals surface area contributed by atoms with Crippen LogP contribution in [-0.2, 0) is 0 Å². The molecule has 18 heavy (non-hydrogen) atoms. The lowest BCUT2D eigenvalue weighted by Gasteiger charge is -2.19. The van der Waals surface area contributed by atoms with Crippen LogP contribution in [0.25, 0.3) is 0 Å². The third kappa shape index (κ3) is 2.48. The fraction of sp³-hybridized carbons (Fsp3) is 0.0833. The van der Waals surface area contributed by atoms with Crippen molar-refractivity contribution in [3.05, 3.63) is 46.8 Å². The van der Waals surface area contributed by atoms with E-state index in [1.54, 1.807) is 11.9 Å². The Labute approximate surface area is 112 Å². The number of halogens is 1. The Hall–Kier alpha value is -1.95. The highest BCUT2D eigenvalue weighted by Gasteiger charge is 2.16. The predicted octanol–water partition coefficient (Wildman–Crippen LogP) is 2.71. The molecule has 0 unspecified atom stereocenters. The molecule has 0 aliphatic heterocycles. The Kier molecular flexibility index (Phi) is 3.57. The van der Waals surface area contributed by atoms with E-state index in [4.69, 9.17) is 5.11 Å². The number of carbonyl (C=O) groups is 1. The van der Waals surface area contributed by atoms with Crippen molar-refractivity contribution in [2.45, 2.75) is 0 Å². The zero-order valence-electron chi connectivity index (χ0n) is 9.54. The molecule has 0 spiro atoms. The number of aromatic nitrogens is 2. The van der Waals surface area contributed by atoms with Gasteiger partial charge in [-0.25, -0.2) is 14.8 Å². The molecule has 1 N–H and O–H groups in total. The largest absolute Gasteiger partial charge is 0.477 e. The number of rotatable bonds is 3. The van der Waals surface area contributed by atoms with Gasteiger partial charge in [-0.3, -0.25) is 0 Å². The Morgan fingerprint density at radius 2 is 2.22 bits per heavy atom. The lowest BCUT2D eigenvalue weighted by molar-refractivity contribution is 0.0697. The van der Waals surface area contributed by atoms with Gasteiger partial charge in [0.15, 0.2) is 5.82 Å². The summed E-state index contributed by atoms with van der Waals surface area (Å²) in [6.45, 7) is 0. The van der Waals surface area contributed by atoms with Gasteiger partial charge in [0.1, 0.15) is 11.9 Å². The number of carboxylic acids is 1. The van der Waals surface area contributed by atoms with Gasteiger partial charge in [0.25, 0.3) is 0 Å². The van der Waals surface area contributed by atoms with E-state index >= 15 is 0 Å². The summed E-state index contributed by atoms with van der Waals surface area (Å²) in [5.74, 6) is -0.692. The molecule has 0 aliphatic rings. The number of anilines is 2. The quantitative estimate of drug-likeness (QED) is 0.944. The van der Waals surface area contributed by atoms with E-state index < -0.39 is 5.97 Å². The molecular weight excluding hydrogens is 298 g/mol. The van der Waals surface area contributed by atoms with E-state index in [0.29, 0.717) is 5.82 Å². The Bertz CT molecular complexity index is 589. The SMILES string of the molecule is CN(c1cccc(Br)c1)c1ncncc1C(=O)O. The molecule has 1 aromatic heterocycles.